The Bertz CT molecular complexity index is 199. The second-order valence-corrected chi connectivity index (χ2v) is 1.88. The first-order chi connectivity index (χ1) is 5.34. The molecule has 0 aromatic carbocycles. The minimum absolute atomic E-state index is 1.05. The Balaban J connectivity index is 0.000000461. The van der Waals surface area contributed by atoms with Crippen LogP contribution in [0.5, 0.6) is 0 Å². The van der Waals surface area contributed by atoms with Gasteiger partial charge in [-0.25, -0.2) is 0 Å². The van der Waals surface area contributed by atoms with Crippen LogP contribution in [-0.2, 0) is 0 Å². The summed E-state index contributed by atoms with van der Waals surface area (Å²) < 4.78 is 4.65. The molecule has 11 heavy (non-hydrogen) atoms. The smallest absolute Gasteiger partial charge is 0.131 e. The van der Waals surface area contributed by atoms with Crippen molar-refractivity contribution in [1.82, 2.24) is 5.16 Å². The van der Waals surface area contributed by atoms with E-state index in [1.165, 1.54) is 5.57 Å². The van der Waals surface area contributed by atoms with Crippen LogP contribution in [0.1, 0.15) is 33.3 Å². The lowest BCUT2D eigenvalue weighted by atomic mass is 10.2. The van der Waals surface area contributed by atoms with Crippen LogP contribution >= 0.6 is 0 Å². The van der Waals surface area contributed by atoms with Gasteiger partial charge in [-0.2, -0.15) is 0 Å². The zero-order valence-electron chi connectivity index (χ0n) is 7.59. The summed E-state index contributed by atoms with van der Waals surface area (Å²) in [6.45, 7) is 8.01. The highest BCUT2D eigenvalue weighted by Gasteiger charge is 1.93. The Kier molecular flexibility index (Phi) is 5.17. The SMILES string of the molecule is C/C=C(\C)c1cnoc1.CC. The fourth-order valence-electron chi connectivity index (χ4n) is 0.566. The molecule has 0 aliphatic carbocycles. The summed E-state index contributed by atoms with van der Waals surface area (Å²) in [5.74, 6) is 0. The van der Waals surface area contributed by atoms with E-state index in [1.54, 1.807) is 12.5 Å². The van der Waals surface area contributed by atoms with Crippen molar-refractivity contribution in [2.45, 2.75) is 27.7 Å². The van der Waals surface area contributed by atoms with E-state index in [9.17, 15) is 0 Å². The first-order valence-electron chi connectivity index (χ1n) is 3.87. The van der Waals surface area contributed by atoms with Gasteiger partial charge in [-0.3, -0.25) is 0 Å². The molecule has 0 saturated heterocycles. The summed E-state index contributed by atoms with van der Waals surface area (Å²) >= 11 is 0. The molecule has 1 rings (SSSR count). The second-order valence-electron chi connectivity index (χ2n) is 1.88. The number of allylic oxidation sites excluding steroid dienone is 2. The maximum Gasteiger partial charge on any atom is 0.131 e. The van der Waals surface area contributed by atoms with Crippen LogP contribution in [0.25, 0.3) is 5.57 Å². The van der Waals surface area contributed by atoms with Gasteiger partial charge in [0, 0.05) is 5.56 Å². The van der Waals surface area contributed by atoms with Crippen LogP contribution in [0.15, 0.2) is 23.1 Å². The molecule has 0 amide bonds. The minimum atomic E-state index is 1.05. The number of hydrogen-bond acceptors (Lipinski definition) is 2. The monoisotopic (exact) mass is 153 g/mol. The lowest BCUT2D eigenvalue weighted by Gasteiger charge is -1.87. The summed E-state index contributed by atoms with van der Waals surface area (Å²) in [4.78, 5) is 0. The van der Waals surface area contributed by atoms with E-state index < -0.39 is 0 Å². The van der Waals surface area contributed by atoms with Crippen LogP contribution < -0.4 is 0 Å². The molecule has 2 nitrogen and oxygen atoms in total. The Morgan fingerprint density at radius 2 is 2.18 bits per heavy atom. The lowest BCUT2D eigenvalue weighted by molar-refractivity contribution is 0.419. The van der Waals surface area contributed by atoms with Gasteiger partial charge in [-0.15, -0.1) is 0 Å². The maximum absolute atomic E-state index is 4.65. The molecule has 0 unspecified atom stereocenters. The van der Waals surface area contributed by atoms with E-state index >= 15 is 0 Å². The molecule has 0 aliphatic rings. The zero-order chi connectivity index (χ0) is 8.69. The highest BCUT2D eigenvalue weighted by atomic mass is 16.5. The van der Waals surface area contributed by atoms with Crippen molar-refractivity contribution in [3.8, 4) is 0 Å². The van der Waals surface area contributed by atoms with Gasteiger partial charge in [-0.1, -0.05) is 25.1 Å². The minimum Gasteiger partial charge on any atom is -0.364 e. The Hall–Kier alpha value is -1.05. The fourth-order valence-corrected chi connectivity index (χ4v) is 0.566. The first-order valence-corrected chi connectivity index (χ1v) is 3.87. The van der Waals surface area contributed by atoms with Gasteiger partial charge in [0.15, 0.2) is 0 Å². The van der Waals surface area contributed by atoms with Crippen molar-refractivity contribution >= 4 is 5.57 Å². The van der Waals surface area contributed by atoms with E-state index in [0.717, 1.165) is 5.56 Å². The van der Waals surface area contributed by atoms with Crippen molar-refractivity contribution in [2.75, 3.05) is 0 Å². The normalized spacial score (nSPS) is 10.4. The van der Waals surface area contributed by atoms with Crippen molar-refractivity contribution < 1.29 is 4.52 Å². The van der Waals surface area contributed by atoms with Gasteiger partial charge in [0.2, 0.25) is 0 Å². The highest BCUT2D eigenvalue weighted by molar-refractivity contribution is 5.61. The molecule has 0 spiro atoms. The summed E-state index contributed by atoms with van der Waals surface area (Å²) in [7, 11) is 0. The predicted octanol–water partition coefficient (Wildman–Crippen LogP) is 3.12. The third-order valence-corrected chi connectivity index (χ3v) is 1.32. The van der Waals surface area contributed by atoms with Crippen molar-refractivity contribution in [2.24, 2.45) is 0 Å². The summed E-state index contributed by atoms with van der Waals surface area (Å²) in [5.41, 5.74) is 2.24. The van der Waals surface area contributed by atoms with E-state index in [2.05, 4.69) is 9.68 Å². The zero-order valence-corrected chi connectivity index (χ0v) is 7.59. The third-order valence-electron chi connectivity index (χ3n) is 1.32. The second kappa shape index (κ2) is 5.71. The molecule has 0 N–H and O–H groups in total. The van der Waals surface area contributed by atoms with E-state index in [0.29, 0.717) is 0 Å². The van der Waals surface area contributed by atoms with E-state index in [1.807, 2.05) is 33.8 Å². The molecular weight excluding hydrogens is 138 g/mol. The first kappa shape index (κ1) is 9.95. The standard InChI is InChI=1S/C7H9NO.C2H6/c1-3-6(2)7-4-8-9-5-7;1-2/h3-5H,1-2H3;1-2H3/b6-3+;. The molecule has 2 heteroatoms. The molecule has 0 aliphatic heterocycles. The number of nitrogens with zero attached hydrogens (tertiary/aromatic N) is 1. The number of aromatic nitrogens is 1. The molecule has 0 radical (unpaired) electrons. The molecule has 0 saturated carbocycles. The predicted molar refractivity (Wildman–Crippen MR) is 47.2 cm³/mol. The van der Waals surface area contributed by atoms with Gasteiger partial charge in [0.25, 0.3) is 0 Å². The maximum atomic E-state index is 4.65. The Morgan fingerprint density at radius 3 is 2.55 bits per heavy atom. The summed E-state index contributed by atoms with van der Waals surface area (Å²) in [6.07, 6.45) is 5.36. The van der Waals surface area contributed by atoms with Gasteiger partial charge in [-0.05, 0) is 19.4 Å². The lowest BCUT2D eigenvalue weighted by Crippen LogP contribution is -1.69. The average Bonchev–Trinajstić information content (AvgIpc) is 2.59. The Morgan fingerprint density at radius 1 is 1.55 bits per heavy atom. The molecule has 1 aromatic heterocycles. The summed E-state index contributed by atoms with van der Waals surface area (Å²) in [5, 5.41) is 3.58. The van der Waals surface area contributed by atoms with Gasteiger partial charge < -0.3 is 4.52 Å². The van der Waals surface area contributed by atoms with Crippen molar-refractivity contribution in [3.63, 3.8) is 0 Å². The fraction of sp³-hybridized carbons (Fsp3) is 0.444. The van der Waals surface area contributed by atoms with E-state index in [-0.39, 0.29) is 0 Å². The molecule has 0 bridgehead atoms. The van der Waals surface area contributed by atoms with Gasteiger partial charge in [0.05, 0.1) is 6.20 Å². The van der Waals surface area contributed by atoms with E-state index in [4.69, 9.17) is 0 Å². The van der Waals surface area contributed by atoms with Crippen LogP contribution in [0.2, 0.25) is 0 Å². The van der Waals surface area contributed by atoms with Gasteiger partial charge in [0.1, 0.15) is 6.26 Å². The van der Waals surface area contributed by atoms with Crippen molar-refractivity contribution in [1.29, 1.82) is 0 Å². The van der Waals surface area contributed by atoms with Crippen LogP contribution in [0.3, 0.4) is 0 Å². The molecular formula is C9H15NO. The average molecular weight is 153 g/mol. The summed E-state index contributed by atoms with van der Waals surface area (Å²) in [6, 6.07) is 0. The molecule has 0 atom stereocenters. The van der Waals surface area contributed by atoms with Gasteiger partial charge >= 0.3 is 0 Å². The number of hydrogen-bond donors (Lipinski definition) is 0. The molecule has 1 heterocycles. The molecule has 0 fully saturated rings. The highest BCUT2D eigenvalue weighted by Crippen LogP contribution is 2.10. The molecule has 62 valence electrons. The third kappa shape index (κ3) is 3.03. The number of rotatable bonds is 1. The van der Waals surface area contributed by atoms with Crippen LogP contribution in [0, 0.1) is 0 Å². The topological polar surface area (TPSA) is 26.0 Å². The van der Waals surface area contributed by atoms with Crippen LogP contribution in [0.4, 0.5) is 0 Å². The molecule has 1 aromatic rings. The van der Waals surface area contributed by atoms with Crippen molar-refractivity contribution in [3.05, 3.63) is 24.1 Å². The largest absolute Gasteiger partial charge is 0.364 e. The van der Waals surface area contributed by atoms with Crippen LogP contribution in [-0.4, -0.2) is 5.16 Å². The quantitative estimate of drug-likeness (QED) is 0.619. The Labute approximate surface area is 67.9 Å².